The third-order valence-corrected chi connectivity index (χ3v) is 4.72. The van der Waals surface area contributed by atoms with Crippen LogP contribution in [0.25, 0.3) is 0 Å². The average Bonchev–Trinajstić information content (AvgIpc) is 2.59. The van der Waals surface area contributed by atoms with E-state index in [1.807, 2.05) is 48.5 Å². The molecule has 2 aromatic rings. The Hall–Kier alpha value is -2.29. The van der Waals surface area contributed by atoms with E-state index in [0.29, 0.717) is 6.04 Å². The first-order valence-corrected chi connectivity index (χ1v) is 8.87. The summed E-state index contributed by atoms with van der Waals surface area (Å²) in [6, 6.07) is 16.5. The molecule has 3 heteroatoms. The van der Waals surface area contributed by atoms with Gasteiger partial charge < -0.3 is 5.32 Å². The van der Waals surface area contributed by atoms with E-state index in [2.05, 4.69) is 19.2 Å². The summed E-state index contributed by atoms with van der Waals surface area (Å²) in [6.45, 7) is 4.12. The van der Waals surface area contributed by atoms with Crippen LogP contribution in [0.15, 0.2) is 48.5 Å². The van der Waals surface area contributed by atoms with Gasteiger partial charge in [-0.1, -0.05) is 54.7 Å². The SMILES string of the molecule is Cc1ccc(N(C(=O)NC2CCCCC2)c2ccc(C)cc2)cc1. The Morgan fingerprint density at radius 3 is 1.75 bits per heavy atom. The van der Waals surface area contributed by atoms with Gasteiger partial charge in [-0.2, -0.15) is 0 Å². The minimum atomic E-state index is -0.0328. The Bertz CT molecular complexity index is 624. The van der Waals surface area contributed by atoms with Gasteiger partial charge in [0, 0.05) is 6.04 Å². The molecule has 1 aliphatic carbocycles. The molecule has 2 aromatic carbocycles. The molecule has 24 heavy (non-hydrogen) atoms. The van der Waals surface area contributed by atoms with E-state index < -0.39 is 0 Å². The summed E-state index contributed by atoms with van der Waals surface area (Å²) >= 11 is 0. The number of rotatable bonds is 3. The number of amides is 2. The second kappa shape index (κ2) is 7.52. The van der Waals surface area contributed by atoms with E-state index in [9.17, 15) is 4.79 Å². The highest BCUT2D eigenvalue weighted by atomic mass is 16.2. The Kier molecular flexibility index (Phi) is 5.19. The number of urea groups is 1. The Labute approximate surface area is 144 Å². The molecule has 0 atom stereocenters. The van der Waals surface area contributed by atoms with Gasteiger partial charge in [0.25, 0.3) is 0 Å². The van der Waals surface area contributed by atoms with Crippen molar-refractivity contribution in [2.24, 2.45) is 0 Å². The third-order valence-electron chi connectivity index (χ3n) is 4.72. The van der Waals surface area contributed by atoms with Gasteiger partial charge in [0.2, 0.25) is 0 Å². The van der Waals surface area contributed by atoms with Gasteiger partial charge in [-0.3, -0.25) is 4.90 Å². The molecule has 0 aromatic heterocycles. The Balaban J connectivity index is 1.87. The number of anilines is 2. The van der Waals surface area contributed by atoms with Crippen molar-refractivity contribution in [2.45, 2.75) is 52.0 Å². The fourth-order valence-electron chi connectivity index (χ4n) is 3.26. The molecule has 0 radical (unpaired) electrons. The van der Waals surface area contributed by atoms with Crippen molar-refractivity contribution in [3.05, 3.63) is 59.7 Å². The van der Waals surface area contributed by atoms with Gasteiger partial charge in [-0.05, 0) is 51.0 Å². The lowest BCUT2D eigenvalue weighted by molar-refractivity contribution is 0.240. The fourth-order valence-corrected chi connectivity index (χ4v) is 3.26. The summed E-state index contributed by atoms with van der Waals surface area (Å²) in [6.07, 6.45) is 5.87. The first-order valence-electron chi connectivity index (χ1n) is 8.87. The van der Waals surface area contributed by atoms with Gasteiger partial charge in [-0.25, -0.2) is 4.79 Å². The third kappa shape index (κ3) is 3.97. The van der Waals surface area contributed by atoms with Crippen molar-refractivity contribution in [1.29, 1.82) is 0 Å². The molecular formula is C21H26N2O. The van der Waals surface area contributed by atoms with E-state index in [1.54, 1.807) is 4.90 Å². The fraction of sp³-hybridized carbons (Fsp3) is 0.381. The largest absolute Gasteiger partial charge is 0.335 e. The summed E-state index contributed by atoms with van der Waals surface area (Å²) in [5.41, 5.74) is 4.18. The maximum atomic E-state index is 13.0. The van der Waals surface area contributed by atoms with Gasteiger partial charge in [-0.15, -0.1) is 0 Å². The lowest BCUT2D eigenvalue weighted by Crippen LogP contribution is -2.43. The molecular weight excluding hydrogens is 296 g/mol. The van der Waals surface area contributed by atoms with Crippen LogP contribution in [0.1, 0.15) is 43.2 Å². The lowest BCUT2D eigenvalue weighted by Gasteiger charge is -2.28. The zero-order valence-electron chi connectivity index (χ0n) is 14.6. The van der Waals surface area contributed by atoms with Crippen LogP contribution in [0.3, 0.4) is 0 Å². The molecule has 1 saturated carbocycles. The van der Waals surface area contributed by atoms with Crippen molar-refractivity contribution in [2.75, 3.05) is 4.90 Å². The number of aryl methyl sites for hydroxylation is 2. The van der Waals surface area contributed by atoms with E-state index in [0.717, 1.165) is 24.2 Å². The second-order valence-electron chi connectivity index (χ2n) is 6.79. The maximum absolute atomic E-state index is 13.0. The summed E-state index contributed by atoms with van der Waals surface area (Å²) < 4.78 is 0. The number of carbonyl (C=O) groups is 1. The molecule has 0 bridgehead atoms. The molecule has 2 amide bonds. The zero-order chi connectivity index (χ0) is 16.9. The molecule has 1 aliphatic rings. The highest BCUT2D eigenvalue weighted by Crippen LogP contribution is 2.27. The van der Waals surface area contributed by atoms with Crippen molar-refractivity contribution in [1.82, 2.24) is 5.32 Å². The Morgan fingerprint density at radius 1 is 0.833 bits per heavy atom. The van der Waals surface area contributed by atoms with E-state index in [-0.39, 0.29) is 6.03 Å². The van der Waals surface area contributed by atoms with E-state index in [4.69, 9.17) is 0 Å². The minimum absolute atomic E-state index is 0.0328. The summed E-state index contributed by atoms with van der Waals surface area (Å²) in [4.78, 5) is 14.8. The van der Waals surface area contributed by atoms with E-state index >= 15 is 0 Å². The van der Waals surface area contributed by atoms with Gasteiger partial charge >= 0.3 is 6.03 Å². The monoisotopic (exact) mass is 322 g/mol. The summed E-state index contributed by atoms with van der Waals surface area (Å²) in [7, 11) is 0. The van der Waals surface area contributed by atoms with Crippen LogP contribution in [-0.4, -0.2) is 12.1 Å². The summed E-state index contributed by atoms with van der Waals surface area (Å²) in [5.74, 6) is 0. The molecule has 1 fully saturated rings. The van der Waals surface area contributed by atoms with Crippen molar-refractivity contribution in [3.63, 3.8) is 0 Å². The standard InChI is InChI=1S/C21H26N2O/c1-16-8-12-19(13-9-16)23(20-14-10-17(2)11-15-20)21(24)22-18-6-4-3-5-7-18/h8-15,18H,3-7H2,1-2H3,(H,22,24). The van der Waals surface area contributed by atoms with E-state index in [1.165, 1.54) is 30.4 Å². The summed E-state index contributed by atoms with van der Waals surface area (Å²) in [5, 5.41) is 3.23. The lowest BCUT2D eigenvalue weighted by atomic mass is 9.96. The average molecular weight is 322 g/mol. The number of nitrogens with one attached hydrogen (secondary N) is 1. The normalized spacial score (nSPS) is 15.1. The number of hydrogen-bond acceptors (Lipinski definition) is 1. The highest BCUT2D eigenvalue weighted by molar-refractivity contribution is 5.99. The Morgan fingerprint density at radius 2 is 1.29 bits per heavy atom. The first-order chi connectivity index (χ1) is 11.6. The maximum Gasteiger partial charge on any atom is 0.326 e. The quantitative estimate of drug-likeness (QED) is 0.797. The van der Waals surface area contributed by atoms with Gasteiger partial charge in [0.15, 0.2) is 0 Å². The molecule has 126 valence electrons. The molecule has 3 rings (SSSR count). The number of hydrogen-bond donors (Lipinski definition) is 1. The van der Waals surface area contributed by atoms with Crippen LogP contribution >= 0.6 is 0 Å². The molecule has 3 nitrogen and oxygen atoms in total. The smallest absolute Gasteiger partial charge is 0.326 e. The van der Waals surface area contributed by atoms with Crippen LogP contribution < -0.4 is 10.2 Å². The van der Waals surface area contributed by atoms with Gasteiger partial charge in [0.05, 0.1) is 11.4 Å². The molecule has 0 saturated heterocycles. The number of carbonyl (C=O) groups excluding carboxylic acids is 1. The number of nitrogens with zero attached hydrogens (tertiary/aromatic N) is 1. The van der Waals surface area contributed by atoms with Crippen molar-refractivity contribution < 1.29 is 4.79 Å². The minimum Gasteiger partial charge on any atom is -0.335 e. The predicted molar refractivity (Wildman–Crippen MR) is 99.9 cm³/mol. The number of benzene rings is 2. The first kappa shape index (κ1) is 16.6. The second-order valence-corrected chi connectivity index (χ2v) is 6.79. The predicted octanol–water partition coefficient (Wildman–Crippen LogP) is 5.48. The van der Waals surface area contributed by atoms with Crippen LogP contribution in [0.2, 0.25) is 0 Å². The molecule has 0 heterocycles. The molecule has 0 aliphatic heterocycles. The molecule has 0 unspecified atom stereocenters. The van der Waals surface area contributed by atoms with Crippen molar-refractivity contribution in [3.8, 4) is 0 Å². The topological polar surface area (TPSA) is 32.3 Å². The molecule has 1 N–H and O–H groups in total. The van der Waals surface area contributed by atoms with Crippen molar-refractivity contribution >= 4 is 17.4 Å². The molecule has 0 spiro atoms. The zero-order valence-corrected chi connectivity index (χ0v) is 14.6. The van der Waals surface area contributed by atoms with Gasteiger partial charge in [0.1, 0.15) is 0 Å². The van der Waals surface area contributed by atoms with Crippen LogP contribution in [0, 0.1) is 13.8 Å². The van der Waals surface area contributed by atoms with Crippen LogP contribution in [-0.2, 0) is 0 Å². The van der Waals surface area contributed by atoms with Crippen LogP contribution in [0.5, 0.6) is 0 Å². The van der Waals surface area contributed by atoms with Crippen LogP contribution in [0.4, 0.5) is 16.2 Å². The highest BCUT2D eigenvalue weighted by Gasteiger charge is 2.22.